The molecular formula is C31H38N6O6. The molecule has 1 aromatic carbocycles. The molecule has 2 unspecified atom stereocenters. The van der Waals surface area contributed by atoms with E-state index < -0.39 is 24.0 Å². The van der Waals surface area contributed by atoms with E-state index in [-0.39, 0.29) is 19.0 Å². The van der Waals surface area contributed by atoms with Crippen molar-refractivity contribution in [2.24, 2.45) is 0 Å². The summed E-state index contributed by atoms with van der Waals surface area (Å²) in [5.41, 5.74) is 1.82. The van der Waals surface area contributed by atoms with E-state index >= 15 is 0 Å². The normalized spacial score (nSPS) is 17.9. The van der Waals surface area contributed by atoms with Gasteiger partial charge in [-0.3, -0.25) is 29.3 Å². The molecule has 3 aromatic rings. The third kappa shape index (κ3) is 8.04. The number of likely N-dealkylation sites (tertiary alicyclic amines) is 1. The van der Waals surface area contributed by atoms with Gasteiger partial charge in [-0.2, -0.15) is 0 Å². The van der Waals surface area contributed by atoms with Crippen molar-refractivity contribution in [1.29, 1.82) is 0 Å². The summed E-state index contributed by atoms with van der Waals surface area (Å²) >= 11 is 0. The summed E-state index contributed by atoms with van der Waals surface area (Å²) in [6.45, 7) is 5.24. The lowest BCUT2D eigenvalue weighted by Gasteiger charge is -2.28. The molecule has 2 fully saturated rings. The van der Waals surface area contributed by atoms with Gasteiger partial charge in [-0.05, 0) is 55.2 Å². The zero-order chi connectivity index (χ0) is 30.0. The van der Waals surface area contributed by atoms with Crippen molar-refractivity contribution in [2.45, 2.75) is 38.0 Å². The zero-order valence-corrected chi connectivity index (χ0v) is 24.1. The summed E-state index contributed by atoms with van der Waals surface area (Å²) in [6.07, 6.45) is 5.47. The van der Waals surface area contributed by atoms with Gasteiger partial charge in [-0.1, -0.05) is 6.07 Å². The number of morpholine rings is 1. The molecule has 2 saturated heterocycles. The minimum Gasteiger partial charge on any atom is -0.494 e. The maximum atomic E-state index is 13.2. The minimum atomic E-state index is -1.38. The molecular weight excluding hydrogens is 552 g/mol. The summed E-state index contributed by atoms with van der Waals surface area (Å²) in [6, 6.07) is 9.97. The molecule has 0 saturated carbocycles. The van der Waals surface area contributed by atoms with Gasteiger partial charge in [0.1, 0.15) is 5.75 Å². The highest BCUT2D eigenvalue weighted by atomic mass is 16.5. The average molecular weight is 591 g/mol. The molecule has 4 heterocycles. The molecule has 43 heavy (non-hydrogen) atoms. The van der Waals surface area contributed by atoms with Crippen LogP contribution in [0, 0.1) is 0 Å². The quantitative estimate of drug-likeness (QED) is 0.264. The number of carbonyl (C=O) groups excluding carboxylic acids is 3. The molecule has 228 valence electrons. The number of hydrogen-bond donors (Lipinski definition) is 3. The number of benzene rings is 1. The number of amides is 3. The second-order valence-electron chi connectivity index (χ2n) is 10.7. The van der Waals surface area contributed by atoms with Gasteiger partial charge in [0, 0.05) is 56.7 Å². The third-order valence-electron chi connectivity index (χ3n) is 7.79. The summed E-state index contributed by atoms with van der Waals surface area (Å²) in [7, 11) is 0. The van der Waals surface area contributed by atoms with Crippen molar-refractivity contribution in [2.75, 3.05) is 52.5 Å². The number of nitrogens with zero attached hydrogens (tertiary/aromatic N) is 4. The maximum absolute atomic E-state index is 13.2. The number of fused-ring (bicyclic) bond motifs is 1. The first kappa shape index (κ1) is 30.3. The maximum Gasteiger partial charge on any atom is 0.252 e. The van der Waals surface area contributed by atoms with Crippen molar-refractivity contribution >= 4 is 28.6 Å². The van der Waals surface area contributed by atoms with E-state index in [1.54, 1.807) is 36.8 Å². The fourth-order valence-corrected chi connectivity index (χ4v) is 5.47. The second kappa shape index (κ2) is 14.9. The number of carbonyl (C=O) groups is 3. The topological polar surface area (TPSA) is 146 Å². The lowest BCUT2D eigenvalue weighted by atomic mass is 10.1. The SMILES string of the molecule is O=C(NCC(=O)N1CCCC1C(O)C(=O)NCc1cccnc1)c1ccnc2ccc(OCCCN3CCOCC3)cc12. The monoisotopic (exact) mass is 590 g/mol. The van der Waals surface area contributed by atoms with Gasteiger partial charge < -0.3 is 30.1 Å². The van der Waals surface area contributed by atoms with Crippen LogP contribution in [0.3, 0.4) is 0 Å². The number of nitrogens with one attached hydrogen (secondary N) is 2. The molecule has 2 aliphatic rings. The Labute approximate surface area is 250 Å². The van der Waals surface area contributed by atoms with Crippen LogP contribution in [0.25, 0.3) is 10.9 Å². The van der Waals surface area contributed by atoms with Crippen LogP contribution in [0.15, 0.2) is 55.0 Å². The highest BCUT2D eigenvalue weighted by molar-refractivity contribution is 6.07. The summed E-state index contributed by atoms with van der Waals surface area (Å²) in [5.74, 6) is -0.698. The Hall–Kier alpha value is -4.13. The Kier molecular flexibility index (Phi) is 10.5. The van der Waals surface area contributed by atoms with Crippen molar-refractivity contribution in [3.05, 3.63) is 66.1 Å². The fraction of sp³-hybridized carbons (Fsp3) is 0.452. The predicted octanol–water partition coefficient (Wildman–Crippen LogP) is 1.13. The van der Waals surface area contributed by atoms with E-state index in [9.17, 15) is 19.5 Å². The standard InChI is InChI=1S/C31H38N6O6/c38-28(37-12-2-5-27(37)29(39)31(41)34-20-22-4-1-9-32-19-22)21-35-30(40)24-8-10-33-26-7-6-23(18-25(24)26)43-15-3-11-36-13-16-42-17-14-36/h1,4,6-10,18-19,27,29,39H,2-3,5,11-17,20-21H2,(H,34,41)(H,35,40). The zero-order valence-electron chi connectivity index (χ0n) is 24.1. The Bertz CT molecular complexity index is 1400. The number of pyridine rings is 2. The Morgan fingerprint density at radius 1 is 1.09 bits per heavy atom. The largest absolute Gasteiger partial charge is 0.494 e. The number of hydrogen-bond acceptors (Lipinski definition) is 9. The summed E-state index contributed by atoms with van der Waals surface area (Å²) in [4.78, 5) is 51.1. The van der Waals surface area contributed by atoms with Crippen molar-refractivity contribution < 1.29 is 29.0 Å². The first-order valence-corrected chi connectivity index (χ1v) is 14.7. The lowest BCUT2D eigenvalue weighted by molar-refractivity contribution is -0.138. The average Bonchev–Trinajstić information content (AvgIpc) is 3.55. The number of aliphatic hydroxyl groups excluding tert-OH is 1. The highest BCUT2D eigenvalue weighted by Crippen LogP contribution is 2.24. The van der Waals surface area contributed by atoms with E-state index in [1.165, 1.54) is 4.90 Å². The molecule has 0 aliphatic carbocycles. The molecule has 0 spiro atoms. The van der Waals surface area contributed by atoms with E-state index in [1.807, 2.05) is 18.2 Å². The van der Waals surface area contributed by atoms with Crippen LogP contribution >= 0.6 is 0 Å². The van der Waals surface area contributed by atoms with Crippen LogP contribution in [-0.2, 0) is 20.9 Å². The molecule has 2 aliphatic heterocycles. The first-order valence-electron chi connectivity index (χ1n) is 14.7. The van der Waals surface area contributed by atoms with Gasteiger partial charge in [-0.15, -0.1) is 0 Å². The smallest absolute Gasteiger partial charge is 0.252 e. The van der Waals surface area contributed by atoms with Gasteiger partial charge in [0.2, 0.25) is 5.91 Å². The molecule has 3 N–H and O–H groups in total. The van der Waals surface area contributed by atoms with E-state index in [0.29, 0.717) is 48.2 Å². The summed E-state index contributed by atoms with van der Waals surface area (Å²) in [5, 5.41) is 16.8. The van der Waals surface area contributed by atoms with Gasteiger partial charge in [0.15, 0.2) is 6.10 Å². The van der Waals surface area contributed by atoms with Crippen LogP contribution in [0.1, 0.15) is 35.2 Å². The van der Waals surface area contributed by atoms with Gasteiger partial charge >= 0.3 is 0 Å². The number of aliphatic hydroxyl groups is 1. The summed E-state index contributed by atoms with van der Waals surface area (Å²) < 4.78 is 11.4. The second-order valence-corrected chi connectivity index (χ2v) is 10.7. The number of aromatic nitrogens is 2. The highest BCUT2D eigenvalue weighted by Gasteiger charge is 2.37. The fourth-order valence-electron chi connectivity index (χ4n) is 5.47. The minimum absolute atomic E-state index is 0.224. The first-order chi connectivity index (χ1) is 21.0. The molecule has 0 radical (unpaired) electrons. The molecule has 3 amide bonds. The van der Waals surface area contributed by atoms with Crippen molar-refractivity contribution in [1.82, 2.24) is 30.4 Å². The van der Waals surface area contributed by atoms with Crippen LogP contribution in [0.5, 0.6) is 5.75 Å². The van der Waals surface area contributed by atoms with E-state index in [2.05, 4.69) is 25.5 Å². The van der Waals surface area contributed by atoms with E-state index in [4.69, 9.17) is 9.47 Å². The molecule has 12 heteroatoms. The molecule has 2 atom stereocenters. The Balaban J connectivity index is 1.14. The van der Waals surface area contributed by atoms with Crippen LogP contribution in [0.2, 0.25) is 0 Å². The molecule has 12 nitrogen and oxygen atoms in total. The van der Waals surface area contributed by atoms with Crippen LogP contribution in [0.4, 0.5) is 0 Å². The van der Waals surface area contributed by atoms with Crippen molar-refractivity contribution in [3.63, 3.8) is 0 Å². The molecule has 0 bridgehead atoms. The lowest BCUT2D eigenvalue weighted by Crippen LogP contribution is -2.51. The number of rotatable bonds is 12. The molecule has 2 aromatic heterocycles. The van der Waals surface area contributed by atoms with Gasteiger partial charge in [0.25, 0.3) is 11.8 Å². The molecule has 5 rings (SSSR count). The Morgan fingerprint density at radius 3 is 2.77 bits per heavy atom. The predicted molar refractivity (Wildman–Crippen MR) is 158 cm³/mol. The third-order valence-corrected chi connectivity index (χ3v) is 7.79. The van der Waals surface area contributed by atoms with Crippen molar-refractivity contribution in [3.8, 4) is 5.75 Å². The number of ether oxygens (including phenoxy) is 2. The van der Waals surface area contributed by atoms with E-state index in [0.717, 1.165) is 44.8 Å². The Morgan fingerprint density at radius 2 is 1.95 bits per heavy atom. The van der Waals surface area contributed by atoms with Crippen LogP contribution < -0.4 is 15.4 Å². The van der Waals surface area contributed by atoms with Crippen LogP contribution in [-0.4, -0.2) is 107 Å². The van der Waals surface area contributed by atoms with Gasteiger partial charge in [0.05, 0.1) is 43.5 Å². The van der Waals surface area contributed by atoms with Gasteiger partial charge in [-0.25, -0.2) is 0 Å².